The third kappa shape index (κ3) is 4.28. The highest BCUT2D eigenvalue weighted by Gasteiger charge is 2.30. The van der Waals surface area contributed by atoms with Crippen LogP contribution in [-0.2, 0) is 6.18 Å². The van der Waals surface area contributed by atoms with Crippen molar-refractivity contribution in [3.05, 3.63) is 70.8 Å². The van der Waals surface area contributed by atoms with Crippen LogP contribution in [0.5, 0.6) is 0 Å². The third-order valence-electron chi connectivity index (χ3n) is 3.66. The van der Waals surface area contributed by atoms with E-state index >= 15 is 0 Å². The fourth-order valence-corrected chi connectivity index (χ4v) is 2.37. The first-order valence-electron chi connectivity index (χ1n) is 7.06. The van der Waals surface area contributed by atoms with Crippen LogP contribution in [0, 0.1) is 11.6 Å². The Morgan fingerprint density at radius 1 is 0.870 bits per heavy atom. The summed E-state index contributed by atoms with van der Waals surface area (Å²) < 4.78 is 64.6. The molecule has 2 aromatic carbocycles. The second-order valence-electron chi connectivity index (χ2n) is 5.40. The van der Waals surface area contributed by atoms with Crippen molar-refractivity contribution in [1.29, 1.82) is 0 Å². The molecule has 0 aliphatic rings. The first-order chi connectivity index (χ1) is 10.7. The molecule has 2 atom stereocenters. The Morgan fingerprint density at radius 3 is 2.04 bits per heavy atom. The molecule has 0 amide bonds. The fraction of sp³-hybridized carbons (Fsp3) is 0.294. The zero-order valence-electron chi connectivity index (χ0n) is 12.6. The zero-order valence-corrected chi connectivity index (χ0v) is 12.6. The third-order valence-corrected chi connectivity index (χ3v) is 3.66. The minimum Gasteiger partial charge on any atom is -0.304 e. The quantitative estimate of drug-likeness (QED) is 0.741. The number of rotatable bonds is 4. The van der Waals surface area contributed by atoms with E-state index in [-0.39, 0.29) is 11.6 Å². The molecule has 6 heteroatoms. The lowest BCUT2D eigenvalue weighted by Crippen LogP contribution is -2.23. The molecule has 0 saturated heterocycles. The molecular formula is C17H16F5N. The molecule has 0 aliphatic carbocycles. The molecule has 23 heavy (non-hydrogen) atoms. The van der Waals surface area contributed by atoms with Crippen molar-refractivity contribution >= 4 is 0 Å². The SMILES string of the molecule is C[C@H](N[C@H](C)c1ccc(C(F)(F)F)cc1)c1cc(F)ccc1F. The molecule has 0 saturated carbocycles. The lowest BCUT2D eigenvalue weighted by atomic mass is 10.0. The Kier molecular flexibility index (Phi) is 5.04. The molecule has 0 bridgehead atoms. The fourth-order valence-electron chi connectivity index (χ4n) is 2.37. The van der Waals surface area contributed by atoms with E-state index in [1.165, 1.54) is 12.1 Å². The minimum atomic E-state index is -4.38. The normalized spacial score (nSPS) is 14.6. The van der Waals surface area contributed by atoms with Gasteiger partial charge in [-0.2, -0.15) is 13.2 Å². The summed E-state index contributed by atoms with van der Waals surface area (Å²) in [6.07, 6.45) is -4.38. The predicted molar refractivity (Wildman–Crippen MR) is 77.8 cm³/mol. The highest BCUT2D eigenvalue weighted by molar-refractivity contribution is 5.27. The van der Waals surface area contributed by atoms with Crippen molar-refractivity contribution in [2.75, 3.05) is 0 Å². The number of nitrogens with one attached hydrogen (secondary N) is 1. The Hall–Kier alpha value is -1.95. The molecule has 2 rings (SSSR count). The molecule has 0 heterocycles. The monoisotopic (exact) mass is 329 g/mol. The second-order valence-corrected chi connectivity index (χ2v) is 5.40. The summed E-state index contributed by atoms with van der Waals surface area (Å²) in [7, 11) is 0. The van der Waals surface area contributed by atoms with E-state index in [1.54, 1.807) is 13.8 Å². The van der Waals surface area contributed by atoms with E-state index in [0.717, 1.165) is 30.3 Å². The van der Waals surface area contributed by atoms with Crippen molar-refractivity contribution in [2.24, 2.45) is 0 Å². The van der Waals surface area contributed by atoms with Crippen LogP contribution in [0.2, 0.25) is 0 Å². The van der Waals surface area contributed by atoms with Crippen LogP contribution < -0.4 is 5.32 Å². The van der Waals surface area contributed by atoms with Gasteiger partial charge in [0.25, 0.3) is 0 Å². The van der Waals surface area contributed by atoms with E-state index in [2.05, 4.69) is 5.32 Å². The van der Waals surface area contributed by atoms with Crippen molar-refractivity contribution in [3.63, 3.8) is 0 Å². The Labute approximate surface area is 131 Å². The van der Waals surface area contributed by atoms with Gasteiger partial charge in [-0.1, -0.05) is 12.1 Å². The number of hydrogen-bond acceptors (Lipinski definition) is 1. The average Bonchev–Trinajstić information content (AvgIpc) is 2.48. The summed E-state index contributed by atoms with van der Waals surface area (Å²) in [6, 6.07) is 7.10. The van der Waals surface area contributed by atoms with Crippen LogP contribution in [0.4, 0.5) is 22.0 Å². The van der Waals surface area contributed by atoms with E-state index in [1.807, 2.05) is 0 Å². The summed E-state index contributed by atoms with van der Waals surface area (Å²) in [4.78, 5) is 0. The molecular weight excluding hydrogens is 313 g/mol. The van der Waals surface area contributed by atoms with Gasteiger partial charge in [0, 0.05) is 17.6 Å². The zero-order chi connectivity index (χ0) is 17.2. The Balaban J connectivity index is 2.12. The molecule has 0 aliphatic heterocycles. The van der Waals surface area contributed by atoms with Crippen molar-refractivity contribution < 1.29 is 22.0 Å². The van der Waals surface area contributed by atoms with Gasteiger partial charge in [0.05, 0.1) is 5.56 Å². The van der Waals surface area contributed by atoms with Gasteiger partial charge in [0.2, 0.25) is 0 Å². The first kappa shape index (κ1) is 17.4. The topological polar surface area (TPSA) is 12.0 Å². The smallest absolute Gasteiger partial charge is 0.304 e. The maximum absolute atomic E-state index is 13.7. The number of alkyl halides is 3. The molecule has 1 N–H and O–H groups in total. The first-order valence-corrected chi connectivity index (χ1v) is 7.06. The van der Waals surface area contributed by atoms with E-state index < -0.39 is 29.4 Å². The van der Waals surface area contributed by atoms with Crippen LogP contribution >= 0.6 is 0 Å². The van der Waals surface area contributed by atoms with Gasteiger partial charge >= 0.3 is 6.18 Å². The molecule has 2 aromatic rings. The molecule has 0 spiro atoms. The average molecular weight is 329 g/mol. The maximum Gasteiger partial charge on any atom is 0.416 e. The van der Waals surface area contributed by atoms with Gasteiger partial charge in [-0.25, -0.2) is 8.78 Å². The maximum atomic E-state index is 13.7. The van der Waals surface area contributed by atoms with Crippen molar-refractivity contribution in [3.8, 4) is 0 Å². The summed E-state index contributed by atoms with van der Waals surface area (Å²) >= 11 is 0. The molecule has 1 nitrogen and oxygen atoms in total. The number of hydrogen-bond donors (Lipinski definition) is 1. The lowest BCUT2D eigenvalue weighted by molar-refractivity contribution is -0.137. The van der Waals surface area contributed by atoms with Crippen LogP contribution in [0.1, 0.15) is 42.6 Å². The number of halogens is 5. The Bertz CT molecular complexity index is 664. The molecule has 0 unspecified atom stereocenters. The predicted octanol–water partition coefficient (Wildman–Crippen LogP) is 5.40. The van der Waals surface area contributed by atoms with Crippen molar-refractivity contribution in [2.45, 2.75) is 32.1 Å². The highest BCUT2D eigenvalue weighted by Crippen LogP contribution is 2.30. The molecule has 0 aromatic heterocycles. The standard InChI is InChI=1S/C17H16F5N/c1-10(12-3-5-13(6-4-12)17(20,21)22)23-11(2)15-9-14(18)7-8-16(15)19/h3-11,23H,1-2H3/t10-,11+/m1/s1. The molecule has 0 fully saturated rings. The van der Waals surface area contributed by atoms with Crippen LogP contribution in [0.25, 0.3) is 0 Å². The van der Waals surface area contributed by atoms with Crippen LogP contribution in [-0.4, -0.2) is 0 Å². The van der Waals surface area contributed by atoms with Gasteiger partial charge in [-0.3, -0.25) is 0 Å². The van der Waals surface area contributed by atoms with Gasteiger partial charge in [0.1, 0.15) is 11.6 Å². The molecule has 0 radical (unpaired) electrons. The largest absolute Gasteiger partial charge is 0.416 e. The molecule has 124 valence electrons. The van der Waals surface area contributed by atoms with Crippen LogP contribution in [0.15, 0.2) is 42.5 Å². The lowest BCUT2D eigenvalue weighted by Gasteiger charge is -2.21. The number of benzene rings is 2. The van der Waals surface area contributed by atoms with Gasteiger partial charge < -0.3 is 5.32 Å². The van der Waals surface area contributed by atoms with Crippen molar-refractivity contribution in [1.82, 2.24) is 5.32 Å². The summed E-state index contributed by atoms with van der Waals surface area (Å²) in [5.41, 5.74) is 0.0723. The van der Waals surface area contributed by atoms with E-state index in [0.29, 0.717) is 5.56 Å². The minimum absolute atomic E-state index is 0.170. The summed E-state index contributed by atoms with van der Waals surface area (Å²) in [5.74, 6) is -1.08. The van der Waals surface area contributed by atoms with E-state index in [4.69, 9.17) is 0 Å². The second kappa shape index (κ2) is 6.66. The van der Waals surface area contributed by atoms with Gasteiger partial charge in [-0.15, -0.1) is 0 Å². The highest BCUT2D eigenvalue weighted by atomic mass is 19.4. The summed E-state index contributed by atoms with van der Waals surface area (Å²) in [5, 5.41) is 3.05. The van der Waals surface area contributed by atoms with Gasteiger partial charge in [-0.05, 0) is 49.7 Å². The summed E-state index contributed by atoms with van der Waals surface area (Å²) in [6.45, 7) is 3.41. The van der Waals surface area contributed by atoms with Gasteiger partial charge in [0.15, 0.2) is 0 Å². The van der Waals surface area contributed by atoms with E-state index in [9.17, 15) is 22.0 Å². The van der Waals surface area contributed by atoms with Crippen LogP contribution in [0.3, 0.4) is 0 Å². The Morgan fingerprint density at radius 2 is 1.48 bits per heavy atom.